The van der Waals surface area contributed by atoms with Crippen LogP contribution in [0.5, 0.6) is 0 Å². The molecule has 0 saturated carbocycles. The molecule has 0 saturated heterocycles. The Morgan fingerprint density at radius 2 is 1.50 bits per heavy atom. The van der Waals surface area contributed by atoms with Crippen LogP contribution in [0.15, 0.2) is 69.4 Å². The minimum atomic E-state index is 0.636. The summed E-state index contributed by atoms with van der Waals surface area (Å²) in [5.41, 5.74) is 8.69. The van der Waals surface area contributed by atoms with Gasteiger partial charge in [0.15, 0.2) is 0 Å². The Bertz CT molecular complexity index is 678. The van der Waals surface area contributed by atoms with Gasteiger partial charge in [0.1, 0.15) is 0 Å². The smallest absolute Gasteiger partial charge is 0.0902 e. The van der Waals surface area contributed by atoms with Crippen LogP contribution in [-0.4, -0.2) is 0 Å². The van der Waals surface area contributed by atoms with E-state index in [1.165, 1.54) is 0 Å². The van der Waals surface area contributed by atoms with Crippen molar-refractivity contribution >= 4 is 23.5 Å². The molecule has 112 valence electrons. The van der Waals surface area contributed by atoms with Crippen molar-refractivity contribution in [2.45, 2.75) is 0 Å². The van der Waals surface area contributed by atoms with E-state index in [4.69, 9.17) is 11.7 Å². The van der Waals surface area contributed by atoms with Crippen LogP contribution in [0, 0.1) is 0 Å². The van der Waals surface area contributed by atoms with Crippen LogP contribution in [-0.2, 0) is 0 Å². The molecule has 0 bridgehead atoms. The van der Waals surface area contributed by atoms with E-state index in [1.807, 2.05) is 54.6 Å². The highest BCUT2D eigenvalue weighted by Crippen LogP contribution is 2.28. The number of hydrogen-bond acceptors (Lipinski definition) is 4. The maximum atomic E-state index is 5.04. The highest BCUT2D eigenvalue weighted by molar-refractivity contribution is 5.83. The highest BCUT2D eigenvalue weighted by atomic mass is 15.5. The van der Waals surface area contributed by atoms with E-state index in [1.54, 1.807) is 6.07 Å². The Morgan fingerprint density at radius 1 is 0.773 bits per heavy atom. The van der Waals surface area contributed by atoms with Crippen LogP contribution >= 0.6 is 0 Å². The molecule has 0 aromatic heterocycles. The number of para-hydroxylation sites is 1. The second-order valence-electron chi connectivity index (χ2n) is 4.17. The lowest BCUT2D eigenvalue weighted by Gasteiger charge is -2.10. The molecule has 0 fully saturated rings. The number of rotatable bonds is 6. The van der Waals surface area contributed by atoms with E-state index in [2.05, 4.69) is 31.7 Å². The molecule has 6 N–H and O–H groups in total. The number of hydrogen-bond donors (Lipinski definition) is 4. The van der Waals surface area contributed by atoms with Gasteiger partial charge >= 0.3 is 0 Å². The normalized spacial score (nSPS) is 11.5. The molecule has 8 heteroatoms. The quantitative estimate of drug-likeness (QED) is 0.282. The summed E-state index contributed by atoms with van der Waals surface area (Å²) in [5.74, 6) is 10.0. The summed E-state index contributed by atoms with van der Waals surface area (Å²) in [4.78, 5) is 0. The Balaban J connectivity index is 2.34. The third-order valence-electron chi connectivity index (χ3n) is 2.80. The molecule has 2 rings (SSSR count). The number of nitrogens with two attached hydrogens (primary N) is 2. The summed E-state index contributed by atoms with van der Waals surface area (Å²) >= 11 is 0. The number of nitrogens with zero attached hydrogens (tertiary/aromatic N) is 4. The minimum Gasteiger partial charge on any atom is -0.303 e. The first-order chi connectivity index (χ1) is 10.8. The van der Waals surface area contributed by atoms with Crippen LogP contribution in [0.3, 0.4) is 0 Å². The maximum Gasteiger partial charge on any atom is 0.0902 e. The van der Waals surface area contributed by atoms with Gasteiger partial charge in [-0.15, -0.1) is 0 Å². The zero-order valence-electron chi connectivity index (χ0n) is 11.7. The first-order valence-corrected chi connectivity index (χ1v) is 6.43. The average molecular weight is 296 g/mol. The van der Waals surface area contributed by atoms with Gasteiger partial charge in [-0.3, -0.25) is 10.9 Å². The fourth-order valence-corrected chi connectivity index (χ4v) is 1.84. The molecule has 0 heterocycles. The van der Waals surface area contributed by atoms with E-state index >= 15 is 0 Å². The van der Waals surface area contributed by atoms with Crippen molar-refractivity contribution in [3.8, 4) is 0 Å². The van der Waals surface area contributed by atoms with Crippen molar-refractivity contribution in [1.82, 2.24) is 0 Å². The molecule has 0 aliphatic heterocycles. The highest BCUT2D eigenvalue weighted by Gasteiger charge is 2.05. The number of benzene rings is 2. The fraction of sp³-hybridized carbons (Fsp3) is 0. The lowest BCUT2D eigenvalue weighted by molar-refractivity contribution is 0.990. The molecule has 2 aromatic carbocycles. The zero-order valence-corrected chi connectivity index (χ0v) is 11.7. The molecule has 8 nitrogen and oxygen atoms in total. The van der Waals surface area contributed by atoms with Gasteiger partial charge in [0.2, 0.25) is 0 Å². The monoisotopic (exact) mass is 296 g/mol. The van der Waals surface area contributed by atoms with Gasteiger partial charge in [-0.2, -0.15) is 0 Å². The van der Waals surface area contributed by atoms with Crippen LogP contribution in [0.4, 0.5) is 11.4 Å². The summed E-state index contributed by atoms with van der Waals surface area (Å²) in [6.45, 7) is 0. The van der Waals surface area contributed by atoms with Gasteiger partial charge in [0.05, 0.1) is 11.4 Å². The molecule has 0 spiro atoms. The van der Waals surface area contributed by atoms with Crippen LogP contribution < -0.4 is 22.5 Å². The molecular formula is C14H16N8. The third-order valence-corrected chi connectivity index (χ3v) is 2.80. The second-order valence-corrected chi connectivity index (χ2v) is 4.17. The molecule has 0 aliphatic rings. The fourth-order valence-electron chi connectivity index (χ4n) is 1.84. The van der Waals surface area contributed by atoms with Crippen LogP contribution in [0.1, 0.15) is 11.1 Å². The van der Waals surface area contributed by atoms with Crippen LogP contribution in [0.2, 0.25) is 0 Å². The van der Waals surface area contributed by atoms with Gasteiger partial charge < -0.3 is 11.7 Å². The lowest BCUT2D eigenvalue weighted by atomic mass is 10.1. The lowest BCUT2D eigenvalue weighted by Crippen LogP contribution is -1.99. The maximum absolute atomic E-state index is 5.04. The average Bonchev–Trinajstić information content (AvgIpc) is 2.57. The van der Waals surface area contributed by atoms with Gasteiger partial charge in [-0.1, -0.05) is 75.5 Å². The van der Waals surface area contributed by atoms with Crippen molar-refractivity contribution < 1.29 is 0 Å². The van der Waals surface area contributed by atoms with E-state index < -0.39 is 0 Å². The molecule has 0 atom stereocenters. The SMILES string of the molecule is NN=NNc1cccc(C=Cc2ccccc2)c1NN=NN. The van der Waals surface area contributed by atoms with Crippen molar-refractivity contribution in [2.24, 2.45) is 32.6 Å². The Morgan fingerprint density at radius 3 is 2.23 bits per heavy atom. The third kappa shape index (κ3) is 4.04. The summed E-state index contributed by atoms with van der Waals surface area (Å²) < 4.78 is 0. The van der Waals surface area contributed by atoms with Gasteiger partial charge in [-0.05, 0) is 11.6 Å². The Labute approximate surface area is 127 Å². The summed E-state index contributed by atoms with van der Waals surface area (Å²) in [6, 6.07) is 15.5. The Kier molecular flexibility index (Phi) is 5.45. The topological polar surface area (TPSA) is 126 Å². The molecular weight excluding hydrogens is 280 g/mol. The molecule has 22 heavy (non-hydrogen) atoms. The summed E-state index contributed by atoms with van der Waals surface area (Å²) in [7, 11) is 0. The predicted octanol–water partition coefficient (Wildman–Crippen LogP) is 3.16. The predicted molar refractivity (Wildman–Crippen MR) is 87.1 cm³/mol. The molecule has 0 unspecified atom stereocenters. The summed E-state index contributed by atoms with van der Waals surface area (Å²) in [6.07, 6.45) is 3.92. The molecule has 0 aliphatic carbocycles. The minimum absolute atomic E-state index is 0.636. The zero-order chi connectivity index (χ0) is 15.6. The largest absolute Gasteiger partial charge is 0.303 e. The van der Waals surface area contributed by atoms with E-state index in [9.17, 15) is 0 Å². The molecule has 0 amide bonds. The standard InChI is InChI=1S/C14H16N8/c15-19-21-17-13-8-4-7-12(14(13)18-22-20-16)10-9-11-5-2-1-3-6-11/h1-10H,(H2,15,21)(H2,16,22)(H,17,19)(H,18,20). The van der Waals surface area contributed by atoms with Crippen molar-refractivity contribution in [2.75, 3.05) is 10.9 Å². The van der Waals surface area contributed by atoms with E-state index in [0.29, 0.717) is 11.4 Å². The first kappa shape index (κ1) is 15.0. The molecule has 2 aromatic rings. The summed E-state index contributed by atoms with van der Waals surface area (Å²) in [5, 5.41) is 13.5. The molecule has 0 radical (unpaired) electrons. The van der Waals surface area contributed by atoms with Gasteiger partial charge in [0.25, 0.3) is 0 Å². The number of nitrogens with one attached hydrogen (secondary N) is 2. The second kappa shape index (κ2) is 8.00. The van der Waals surface area contributed by atoms with Crippen molar-refractivity contribution in [3.05, 3.63) is 59.7 Å². The van der Waals surface area contributed by atoms with Gasteiger partial charge in [0, 0.05) is 5.56 Å². The van der Waals surface area contributed by atoms with E-state index in [0.717, 1.165) is 11.1 Å². The van der Waals surface area contributed by atoms with Gasteiger partial charge in [-0.25, -0.2) is 0 Å². The van der Waals surface area contributed by atoms with Crippen molar-refractivity contribution in [1.29, 1.82) is 0 Å². The Hall–Kier alpha value is -3.42. The number of anilines is 2. The van der Waals surface area contributed by atoms with Crippen LogP contribution in [0.25, 0.3) is 12.2 Å². The van der Waals surface area contributed by atoms with E-state index in [-0.39, 0.29) is 0 Å². The van der Waals surface area contributed by atoms with Crippen molar-refractivity contribution in [3.63, 3.8) is 0 Å². The first-order valence-electron chi connectivity index (χ1n) is 6.43.